The van der Waals surface area contributed by atoms with Crippen molar-refractivity contribution in [1.29, 1.82) is 0 Å². The van der Waals surface area contributed by atoms with Crippen LogP contribution in [0.4, 0.5) is 0 Å². The molecule has 0 N–H and O–H groups in total. The quantitative estimate of drug-likeness (QED) is 0.721. The van der Waals surface area contributed by atoms with Crippen LogP contribution in [0.15, 0.2) is 24.4 Å². The van der Waals surface area contributed by atoms with Crippen LogP contribution >= 0.6 is 0 Å². The van der Waals surface area contributed by atoms with Crippen molar-refractivity contribution in [2.75, 3.05) is 0 Å². The van der Waals surface area contributed by atoms with E-state index in [0.717, 1.165) is 28.8 Å². The van der Waals surface area contributed by atoms with Crippen LogP contribution in [0.25, 0.3) is 10.9 Å². The van der Waals surface area contributed by atoms with E-state index in [1.165, 1.54) is 37.7 Å². The summed E-state index contributed by atoms with van der Waals surface area (Å²) in [5.41, 5.74) is 3.31. The van der Waals surface area contributed by atoms with Gasteiger partial charge in [-0.3, -0.25) is 4.79 Å². The summed E-state index contributed by atoms with van der Waals surface area (Å²) in [5.74, 6) is 1.09. The first kappa shape index (κ1) is 14.4. The maximum atomic E-state index is 12.6. The molecule has 0 atom stereocenters. The van der Waals surface area contributed by atoms with Crippen LogP contribution < -0.4 is 0 Å². The number of aryl methyl sites for hydroxylation is 2. The van der Waals surface area contributed by atoms with E-state index in [1.54, 1.807) is 0 Å². The van der Waals surface area contributed by atoms with Crippen LogP contribution in [0.2, 0.25) is 0 Å². The maximum Gasteiger partial charge on any atom is 0.165 e. The van der Waals surface area contributed by atoms with Crippen LogP contribution in [0.3, 0.4) is 0 Å². The molecule has 112 valence electrons. The SMILES string of the molecule is Cc1ccc2c(C(=O)CCC3CCCCC3)cn(C)c2c1. The van der Waals surface area contributed by atoms with Gasteiger partial charge in [-0.1, -0.05) is 44.2 Å². The molecular weight excluding hydrogens is 258 g/mol. The van der Waals surface area contributed by atoms with Crippen LogP contribution in [-0.2, 0) is 7.05 Å². The number of hydrogen-bond donors (Lipinski definition) is 0. The Morgan fingerprint density at radius 3 is 2.76 bits per heavy atom. The first-order valence-corrected chi connectivity index (χ1v) is 8.24. The summed E-state index contributed by atoms with van der Waals surface area (Å²) >= 11 is 0. The average Bonchev–Trinajstić information content (AvgIpc) is 2.83. The van der Waals surface area contributed by atoms with Crippen molar-refractivity contribution in [3.63, 3.8) is 0 Å². The van der Waals surface area contributed by atoms with Crippen molar-refractivity contribution < 1.29 is 4.79 Å². The van der Waals surface area contributed by atoms with Gasteiger partial charge in [0.1, 0.15) is 0 Å². The van der Waals surface area contributed by atoms with Crippen molar-refractivity contribution in [3.05, 3.63) is 35.5 Å². The Hall–Kier alpha value is -1.57. The van der Waals surface area contributed by atoms with Crippen LogP contribution in [0, 0.1) is 12.8 Å². The van der Waals surface area contributed by atoms with E-state index >= 15 is 0 Å². The highest BCUT2D eigenvalue weighted by Gasteiger charge is 2.18. The molecule has 3 rings (SSSR count). The fourth-order valence-corrected chi connectivity index (χ4v) is 3.66. The van der Waals surface area contributed by atoms with Crippen LogP contribution in [0.1, 0.15) is 60.9 Å². The third-order valence-corrected chi connectivity index (χ3v) is 4.95. The highest BCUT2D eigenvalue weighted by Crippen LogP contribution is 2.29. The summed E-state index contributed by atoms with van der Waals surface area (Å²) < 4.78 is 2.08. The van der Waals surface area contributed by atoms with Crippen molar-refractivity contribution in [3.8, 4) is 0 Å². The molecular formula is C19H25NO. The zero-order chi connectivity index (χ0) is 14.8. The summed E-state index contributed by atoms with van der Waals surface area (Å²) in [7, 11) is 2.03. The zero-order valence-corrected chi connectivity index (χ0v) is 13.2. The summed E-state index contributed by atoms with van der Waals surface area (Å²) in [6.07, 6.45) is 10.5. The molecule has 0 spiro atoms. The number of carbonyl (C=O) groups excluding carboxylic acids is 1. The standard InChI is InChI=1S/C19H25NO/c1-14-8-10-16-17(13-20(2)18(16)12-14)19(21)11-9-15-6-4-3-5-7-15/h8,10,12-13,15H,3-7,9,11H2,1-2H3. The second-order valence-corrected chi connectivity index (χ2v) is 6.64. The van der Waals surface area contributed by atoms with Gasteiger partial charge in [0.25, 0.3) is 0 Å². The lowest BCUT2D eigenvalue weighted by Crippen LogP contribution is -2.09. The van der Waals surface area contributed by atoms with Crippen molar-refractivity contribution in [1.82, 2.24) is 4.57 Å². The lowest BCUT2D eigenvalue weighted by molar-refractivity contribution is 0.0971. The third-order valence-electron chi connectivity index (χ3n) is 4.95. The normalized spacial score (nSPS) is 16.5. The minimum absolute atomic E-state index is 0.315. The predicted octanol–water partition coefficient (Wildman–Crippen LogP) is 5.03. The van der Waals surface area contributed by atoms with E-state index in [0.29, 0.717) is 12.2 Å². The van der Waals surface area contributed by atoms with Crippen LogP contribution in [0.5, 0.6) is 0 Å². The fourth-order valence-electron chi connectivity index (χ4n) is 3.66. The molecule has 1 aliphatic carbocycles. The summed E-state index contributed by atoms with van der Waals surface area (Å²) in [5, 5.41) is 1.11. The molecule has 2 nitrogen and oxygen atoms in total. The Morgan fingerprint density at radius 1 is 1.24 bits per heavy atom. The maximum absolute atomic E-state index is 12.6. The number of fused-ring (bicyclic) bond motifs is 1. The third kappa shape index (κ3) is 3.04. The number of benzene rings is 1. The molecule has 1 aromatic carbocycles. The van der Waals surface area contributed by atoms with E-state index in [-0.39, 0.29) is 0 Å². The van der Waals surface area contributed by atoms with E-state index < -0.39 is 0 Å². The number of Topliss-reactive ketones (excluding diaryl/α,β-unsaturated/α-hetero) is 1. The van der Waals surface area contributed by atoms with Gasteiger partial charge in [-0.2, -0.15) is 0 Å². The Morgan fingerprint density at radius 2 is 2.00 bits per heavy atom. The summed E-state index contributed by atoms with van der Waals surface area (Å²) in [6, 6.07) is 6.35. The van der Waals surface area contributed by atoms with Crippen molar-refractivity contribution in [2.24, 2.45) is 13.0 Å². The van der Waals surface area contributed by atoms with Gasteiger partial charge in [0.2, 0.25) is 0 Å². The largest absolute Gasteiger partial charge is 0.350 e. The number of carbonyl (C=O) groups is 1. The van der Waals surface area contributed by atoms with Crippen molar-refractivity contribution >= 4 is 16.7 Å². The lowest BCUT2D eigenvalue weighted by atomic mass is 9.85. The number of nitrogens with zero attached hydrogens (tertiary/aromatic N) is 1. The first-order chi connectivity index (χ1) is 10.1. The second kappa shape index (κ2) is 6.05. The smallest absolute Gasteiger partial charge is 0.165 e. The fraction of sp³-hybridized carbons (Fsp3) is 0.526. The Kier molecular flexibility index (Phi) is 4.14. The molecule has 0 amide bonds. The molecule has 21 heavy (non-hydrogen) atoms. The number of hydrogen-bond acceptors (Lipinski definition) is 1. The van der Waals surface area contributed by atoms with Gasteiger partial charge < -0.3 is 4.57 Å². The number of aromatic nitrogens is 1. The second-order valence-electron chi connectivity index (χ2n) is 6.64. The molecule has 1 heterocycles. The van der Waals surface area contributed by atoms with Gasteiger partial charge >= 0.3 is 0 Å². The molecule has 0 radical (unpaired) electrons. The van der Waals surface area contributed by atoms with Gasteiger partial charge in [0, 0.05) is 36.1 Å². The van der Waals surface area contributed by atoms with Crippen LogP contribution in [-0.4, -0.2) is 10.4 Å². The molecule has 1 saturated carbocycles. The van der Waals surface area contributed by atoms with Gasteiger partial charge in [0.05, 0.1) is 0 Å². The Labute approximate surface area is 127 Å². The van der Waals surface area contributed by atoms with Gasteiger partial charge in [-0.25, -0.2) is 0 Å². The highest BCUT2D eigenvalue weighted by molar-refractivity contribution is 6.08. The molecule has 0 saturated heterocycles. The van der Waals surface area contributed by atoms with Gasteiger partial charge in [-0.15, -0.1) is 0 Å². The minimum Gasteiger partial charge on any atom is -0.350 e. The average molecular weight is 283 g/mol. The zero-order valence-electron chi connectivity index (χ0n) is 13.2. The minimum atomic E-state index is 0.315. The first-order valence-electron chi connectivity index (χ1n) is 8.24. The van der Waals surface area contributed by atoms with E-state index in [2.05, 4.69) is 29.7 Å². The Balaban J connectivity index is 1.75. The van der Waals surface area contributed by atoms with Gasteiger partial charge in [-0.05, 0) is 30.9 Å². The summed E-state index contributed by atoms with van der Waals surface area (Å²) in [4.78, 5) is 12.6. The molecule has 2 aromatic rings. The topological polar surface area (TPSA) is 22.0 Å². The van der Waals surface area contributed by atoms with E-state index in [9.17, 15) is 4.79 Å². The lowest BCUT2D eigenvalue weighted by Gasteiger charge is -2.20. The van der Waals surface area contributed by atoms with E-state index in [4.69, 9.17) is 0 Å². The highest BCUT2D eigenvalue weighted by atomic mass is 16.1. The molecule has 0 bridgehead atoms. The summed E-state index contributed by atoms with van der Waals surface area (Å²) in [6.45, 7) is 2.09. The molecule has 2 heteroatoms. The molecule has 0 aliphatic heterocycles. The molecule has 1 aromatic heterocycles. The Bertz CT molecular complexity index is 647. The predicted molar refractivity (Wildman–Crippen MR) is 87.8 cm³/mol. The van der Waals surface area contributed by atoms with E-state index in [1.807, 2.05) is 13.2 Å². The monoisotopic (exact) mass is 283 g/mol. The molecule has 0 unspecified atom stereocenters. The number of ketones is 1. The molecule has 1 fully saturated rings. The van der Waals surface area contributed by atoms with Gasteiger partial charge in [0.15, 0.2) is 5.78 Å². The molecule has 1 aliphatic rings. The van der Waals surface area contributed by atoms with Crippen molar-refractivity contribution in [2.45, 2.75) is 51.9 Å². The number of rotatable bonds is 4.